The highest BCUT2D eigenvalue weighted by Gasteiger charge is 2.32. The number of hydrogen-bond acceptors (Lipinski definition) is 4. The summed E-state index contributed by atoms with van der Waals surface area (Å²) in [7, 11) is 0. The molecule has 0 spiro atoms. The molecule has 0 saturated heterocycles. The maximum Gasteiger partial charge on any atom is 0.229 e. The minimum atomic E-state index is -0.254. The van der Waals surface area contributed by atoms with E-state index in [9.17, 15) is 9.50 Å². The molecule has 2 aromatic rings. The molecule has 0 bridgehead atoms. The Kier molecular flexibility index (Phi) is 2.83. The van der Waals surface area contributed by atoms with E-state index in [1.807, 2.05) is 0 Å². The lowest BCUT2D eigenvalue weighted by atomic mass is 9.82. The van der Waals surface area contributed by atoms with E-state index in [1.165, 1.54) is 12.1 Å². The number of aliphatic hydroxyl groups is 1. The molecule has 3 rings (SSSR count). The molecule has 0 amide bonds. The summed E-state index contributed by atoms with van der Waals surface area (Å²) < 4.78 is 17.9. The molecule has 1 saturated carbocycles. The fourth-order valence-corrected chi connectivity index (χ4v) is 2.08. The first-order valence-corrected chi connectivity index (χ1v) is 5.95. The van der Waals surface area contributed by atoms with Crippen LogP contribution in [0.15, 0.2) is 28.8 Å². The topological polar surface area (TPSA) is 59.2 Å². The van der Waals surface area contributed by atoms with Crippen molar-refractivity contribution in [3.8, 4) is 0 Å². The van der Waals surface area contributed by atoms with Crippen molar-refractivity contribution in [1.82, 2.24) is 10.1 Å². The lowest BCUT2D eigenvalue weighted by Crippen LogP contribution is -2.26. The zero-order chi connectivity index (χ0) is 12.5. The number of nitrogens with zero attached hydrogens (tertiary/aromatic N) is 2. The van der Waals surface area contributed by atoms with E-state index < -0.39 is 0 Å². The number of aliphatic hydroxyl groups excluding tert-OH is 1. The van der Waals surface area contributed by atoms with Crippen molar-refractivity contribution < 1.29 is 14.0 Å². The van der Waals surface area contributed by atoms with Crippen molar-refractivity contribution in [3.63, 3.8) is 0 Å². The van der Waals surface area contributed by atoms with Gasteiger partial charge in [-0.1, -0.05) is 17.3 Å². The Morgan fingerprint density at radius 1 is 1.28 bits per heavy atom. The standard InChI is InChI=1S/C13H13FN2O2/c14-10-3-1-8(2-4-10)5-12-15-13(18-16-12)9-6-11(17)7-9/h1-4,9,11,17H,5-7H2. The van der Waals surface area contributed by atoms with Gasteiger partial charge in [-0.05, 0) is 30.5 Å². The van der Waals surface area contributed by atoms with Gasteiger partial charge in [-0.2, -0.15) is 4.98 Å². The zero-order valence-corrected chi connectivity index (χ0v) is 9.71. The predicted octanol–water partition coefficient (Wildman–Crippen LogP) is 2.04. The number of rotatable bonds is 3. The third-order valence-corrected chi connectivity index (χ3v) is 3.22. The highest BCUT2D eigenvalue weighted by atomic mass is 19.1. The second kappa shape index (κ2) is 4.49. The minimum absolute atomic E-state index is 0.189. The van der Waals surface area contributed by atoms with Crippen LogP contribution in [-0.4, -0.2) is 21.4 Å². The quantitative estimate of drug-likeness (QED) is 0.903. The summed E-state index contributed by atoms with van der Waals surface area (Å²) in [5.74, 6) is 1.13. The summed E-state index contributed by atoms with van der Waals surface area (Å²) in [6, 6.07) is 6.24. The molecule has 5 heteroatoms. The van der Waals surface area contributed by atoms with Crippen LogP contribution in [0.25, 0.3) is 0 Å². The molecule has 0 atom stereocenters. The molecular formula is C13H13FN2O2. The molecule has 0 unspecified atom stereocenters. The second-order valence-corrected chi connectivity index (χ2v) is 4.67. The molecule has 94 valence electrons. The molecule has 1 aromatic heterocycles. The predicted molar refractivity (Wildman–Crippen MR) is 61.5 cm³/mol. The number of benzene rings is 1. The number of aromatic nitrogens is 2. The van der Waals surface area contributed by atoms with Gasteiger partial charge in [0.25, 0.3) is 0 Å². The molecule has 1 heterocycles. The van der Waals surface area contributed by atoms with Crippen molar-refractivity contribution in [2.45, 2.75) is 31.3 Å². The van der Waals surface area contributed by atoms with Crippen molar-refractivity contribution in [2.24, 2.45) is 0 Å². The van der Waals surface area contributed by atoms with Gasteiger partial charge in [-0.25, -0.2) is 4.39 Å². The van der Waals surface area contributed by atoms with Crippen molar-refractivity contribution >= 4 is 0 Å². The second-order valence-electron chi connectivity index (χ2n) is 4.67. The number of halogens is 1. The van der Waals surface area contributed by atoms with Crippen LogP contribution in [0.3, 0.4) is 0 Å². The van der Waals surface area contributed by atoms with Gasteiger partial charge in [0.1, 0.15) is 5.82 Å². The molecule has 1 aliphatic rings. The van der Waals surface area contributed by atoms with Gasteiger partial charge in [-0.3, -0.25) is 0 Å². The lowest BCUT2D eigenvalue weighted by molar-refractivity contribution is 0.0625. The van der Waals surface area contributed by atoms with Crippen LogP contribution in [-0.2, 0) is 6.42 Å². The minimum Gasteiger partial charge on any atom is -0.393 e. The monoisotopic (exact) mass is 248 g/mol. The SMILES string of the molecule is OC1CC(c2nc(Cc3ccc(F)cc3)no2)C1. The Bertz CT molecular complexity index is 532. The van der Waals surface area contributed by atoms with Crippen LogP contribution in [0.4, 0.5) is 4.39 Å². The zero-order valence-electron chi connectivity index (χ0n) is 9.71. The van der Waals surface area contributed by atoms with Crippen molar-refractivity contribution in [3.05, 3.63) is 47.4 Å². The Labute approximate surface area is 103 Å². The van der Waals surface area contributed by atoms with Crippen LogP contribution >= 0.6 is 0 Å². The van der Waals surface area contributed by atoms with E-state index in [2.05, 4.69) is 10.1 Å². The Morgan fingerprint density at radius 3 is 2.67 bits per heavy atom. The van der Waals surface area contributed by atoms with Gasteiger partial charge in [0.15, 0.2) is 5.82 Å². The molecule has 1 aliphatic carbocycles. The van der Waals surface area contributed by atoms with Gasteiger partial charge in [0.2, 0.25) is 5.89 Å². The molecule has 18 heavy (non-hydrogen) atoms. The summed E-state index contributed by atoms with van der Waals surface area (Å²) >= 11 is 0. The van der Waals surface area contributed by atoms with E-state index >= 15 is 0 Å². The largest absolute Gasteiger partial charge is 0.393 e. The maximum atomic E-state index is 12.8. The smallest absolute Gasteiger partial charge is 0.229 e. The summed E-state index contributed by atoms with van der Waals surface area (Å²) in [6.45, 7) is 0. The third-order valence-electron chi connectivity index (χ3n) is 3.22. The average Bonchev–Trinajstić information content (AvgIpc) is 2.76. The van der Waals surface area contributed by atoms with Gasteiger partial charge in [-0.15, -0.1) is 0 Å². The summed E-state index contributed by atoms with van der Waals surface area (Å²) in [4.78, 5) is 4.30. The lowest BCUT2D eigenvalue weighted by Gasteiger charge is -2.27. The van der Waals surface area contributed by atoms with E-state index in [1.54, 1.807) is 12.1 Å². The Hall–Kier alpha value is -1.75. The first kappa shape index (κ1) is 11.3. The summed E-state index contributed by atoms with van der Waals surface area (Å²) in [6.07, 6.45) is 1.68. The highest BCUT2D eigenvalue weighted by Crippen LogP contribution is 2.35. The van der Waals surface area contributed by atoms with Crippen molar-refractivity contribution in [2.75, 3.05) is 0 Å². The molecule has 1 N–H and O–H groups in total. The van der Waals surface area contributed by atoms with Gasteiger partial charge < -0.3 is 9.63 Å². The first-order valence-electron chi connectivity index (χ1n) is 5.95. The Morgan fingerprint density at radius 2 is 2.00 bits per heavy atom. The van der Waals surface area contributed by atoms with Gasteiger partial charge >= 0.3 is 0 Å². The van der Waals surface area contributed by atoms with Gasteiger partial charge in [0, 0.05) is 12.3 Å². The molecule has 1 fully saturated rings. The van der Waals surface area contributed by atoms with Crippen LogP contribution in [0.1, 0.15) is 36.0 Å². The van der Waals surface area contributed by atoms with Crippen LogP contribution in [0.5, 0.6) is 0 Å². The molecule has 1 aromatic carbocycles. The summed E-state index contributed by atoms with van der Waals surface area (Å²) in [5.41, 5.74) is 0.942. The molecule has 0 aliphatic heterocycles. The number of hydrogen-bond donors (Lipinski definition) is 1. The average molecular weight is 248 g/mol. The fraction of sp³-hybridized carbons (Fsp3) is 0.385. The molecular weight excluding hydrogens is 235 g/mol. The third kappa shape index (κ3) is 2.26. The van der Waals surface area contributed by atoms with E-state index in [0.717, 1.165) is 5.56 Å². The highest BCUT2D eigenvalue weighted by molar-refractivity contribution is 5.19. The van der Waals surface area contributed by atoms with E-state index in [4.69, 9.17) is 4.52 Å². The molecule has 0 radical (unpaired) electrons. The van der Waals surface area contributed by atoms with Crippen LogP contribution in [0.2, 0.25) is 0 Å². The summed E-state index contributed by atoms with van der Waals surface area (Å²) in [5, 5.41) is 13.1. The Balaban J connectivity index is 1.68. The van der Waals surface area contributed by atoms with Crippen molar-refractivity contribution in [1.29, 1.82) is 0 Å². The normalized spacial score (nSPS) is 22.8. The van der Waals surface area contributed by atoms with E-state index in [-0.39, 0.29) is 17.8 Å². The van der Waals surface area contributed by atoms with E-state index in [0.29, 0.717) is 31.0 Å². The van der Waals surface area contributed by atoms with Crippen LogP contribution < -0.4 is 0 Å². The van der Waals surface area contributed by atoms with Crippen LogP contribution in [0, 0.1) is 5.82 Å². The fourth-order valence-electron chi connectivity index (χ4n) is 2.08. The molecule has 4 nitrogen and oxygen atoms in total. The maximum absolute atomic E-state index is 12.8. The first-order chi connectivity index (χ1) is 8.70. The van der Waals surface area contributed by atoms with Gasteiger partial charge in [0.05, 0.1) is 6.10 Å².